The molecule has 1 aliphatic heterocycles. The van der Waals surface area contributed by atoms with E-state index in [1.54, 1.807) is 4.90 Å². The SMILES string of the molecule is C[C@@H]1CN(C(=O)OC(C)(C)C)C[C@H](COCc2ccccc2)O1. The fraction of sp³-hybridized carbons (Fsp3) is 0.611. The van der Waals surface area contributed by atoms with E-state index in [0.717, 1.165) is 5.56 Å². The van der Waals surface area contributed by atoms with Crippen molar-refractivity contribution in [2.45, 2.75) is 52.1 Å². The molecule has 1 amide bonds. The average molecular weight is 321 g/mol. The van der Waals surface area contributed by atoms with Crippen LogP contribution in [0.1, 0.15) is 33.3 Å². The molecule has 0 N–H and O–H groups in total. The Labute approximate surface area is 138 Å². The molecular formula is C18H27NO4. The lowest BCUT2D eigenvalue weighted by atomic mass is 10.2. The van der Waals surface area contributed by atoms with Gasteiger partial charge in [-0.3, -0.25) is 0 Å². The number of ether oxygens (including phenoxy) is 3. The Morgan fingerprint density at radius 2 is 1.96 bits per heavy atom. The Morgan fingerprint density at radius 3 is 2.61 bits per heavy atom. The Kier molecular flexibility index (Phi) is 6.02. The first kappa shape index (κ1) is 17.8. The molecular weight excluding hydrogens is 294 g/mol. The van der Waals surface area contributed by atoms with Crippen molar-refractivity contribution in [3.8, 4) is 0 Å². The number of benzene rings is 1. The van der Waals surface area contributed by atoms with Crippen LogP contribution >= 0.6 is 0 Å². The second-order valence-electron chi connectivity index (χ2n) is 6.95. The number of nitrogens with zero attached hydrogens (tertiary/aromatic N) is 1. The number of morpholine rings is 1. The maximum absolute atomic E-state index is 12.2. The first-order chi connectivity index (χ1) is 10.8. The van der Waals surface area contributed by atoms with E-state index >= 15 is 0 Å². The first-order valence-corrected chi connectivity index (χ1v) is 8.08. The van der Waals surface area contributed by atoms with Gasteiger partial charge in [0.15, 0.2) is 0 Å². The van der Waals surface area contributed by atoms with Gasteiger partial charge >= 0.3 is 6.09 Å². The number of rotatable bonds is 4. The van der Waals surface area contributed by atoms with E-state index < -0.39 is 5.60 Å². The molecule has 1 aliphatic rings. The molecule has 2 rings (SSSR count). The summed E-state index contributed by atoms with van der Waals surface area (Å²) in [6.07, 6.45) is -0.447. The van der Waals surface area contributed by atoms with E-state index in [0.29, 0.717) is 26.3 Å². The molecule has 0 saturated carbocycles. The first-order valence-electron chi connectivity index (χ1n) is 8.08. The van der Waals surface area contributed by atoms with Crippen LogP contribution in [-0.2, 0) is 20.8 Å². The number of hydrogen-bond acceptors (Lipinski definition) is 4. The maximum Gasteiger partial charge on any atom is 0.410 e. The van der Waals surface area contributed by atoms with Crippen LogP contribution in [0.3, 0.4) is 0 Å². The molecule has 1 aromatic carbocycles. The summed E-state index contributed by atoms with van der Waals surface area (Å²) in [5.74, 6) is 0. The van der Waals surface area contributed by atoms with Gasteiger partial charge in [0.25, 0.3) is 0 Å². The molecule has 1 heterocycles. The van der Waals surface area contributed by atoms with Gasteiger partial charge in [-0.25, -0.2) is 4.79 Å². The Morgan fingerprint density at radius 1 is 1.26 bits per heavy atom. The number of amides is 1. The van der Waals surface area contributed by atoms with Gasteiger partial charge in [-0.1, -0.05) is 30.3 Å². The Hall–Kier alpha value is -1.59. The van der Waals surface area contributed by atoms with Crippen LogP contribution in [0.5, 0.6) is 0 Å². The third kappa shape index (κ3) is 6.20. The third-order valence-electron chi connectivity index (χ3n) is 3.39. The lowest BCUT2D eigenvalue weighted by Gasteiger charge is -2.37. The molecule has 2 atom stereocenters. The topological polar surface area (TPSA) is 48.0 Å². The number of hydrogen-bond donors (Lipinski definition) is 0. The molecule has 0 radical (unpaired) electrons. The van der Waals surface area contributed by atoms with E-state index in [-0.39, 0.29) is 18.3 Å². The van der Waals surface area contributed by atoms with Crippen molar-refractivity contribution in [1.82, 2.24) is 4.90 Å². The second kappa shape index (κ2) is 7.79. The van der Waals surface area contributed by atoms with Crippen LogP contribution < -0.4 is 0 Å². The number of carbonyl (C=O) groups excluding carboxylic acids is 1. The van der Waals surface area contributed by atoms with Crippen molar-refractivity contribution in [3.63, 3.8) is 0 Å². The summed E-state index contributed by atoms with van der Waals surface area (Å²) in [5.41, 5.74) is 0.637. The van der Waals surface area contributed by atoms with Crippen LogP contribution in [0.15, 0.2) is 30.3 Å². The van der Waals surface area contributed by atoms with E-state index in [2.05, 4.69) is 0 Å². The van der Waals surface area contributed by atoms with Gasteiger partial charge in [0.1, 0.15) is 5.60 Å². The molecule has 0 spiro atoms. The van der Waals surface area contributed by atoms with Crippen molar-refractivity contribution in [3.05, 3.63) is 35.9 Å². The molecule has 1 fully saturated rings. The lowest BCUT2D eigenvalue weighted by Crippen LogP contribution is -2.51. The van der Waals surface area contributed by atoms with Crippen molar-refractivity contribution in [2.75, 3.05) is 19.7 Å². The van der Waals surface area contributed by atoms with Crippen molar-refractivity contribution in [1.29, 1.82) is 0 Å². The van der Waals surface area contributed by atoms with E-state index in [9.17, 15) is 4.79 Å². The molecule has 1 aromatic rings. The van der Waals surface area contributed by atoms with Gasteiger partial charge in [0, 0.05) is 0 Å². The Bertz CT molecular complexity index is 497. The average Bonchev–Trinajstić information content (AvgIpc) is 2.46. The molecule has 0 unspecified atom stereocenters. The smallest absolute Gasteiger partial charge is 0.410 e. The summed E-state index contributed by atoms with van der Waals surface area (Å²) >= 11 is 0. The molecule has 0 aromatic heterocycles. The molecule has 5 nitrogen and oxygen atoms in total. The molecule has 0 bridgehead atoms. The highest BCUT2D eigenvalue weighted by atomic mass is 16.6. The highest BCUT2D eigenvalue weighted by Gasteiger charge is 2.31. The van der Waals surface area contributed by atoms with Crippen molar-refractivity contribution < 1.29 is 19.0 Å². The summed E-state index contributed by atoms with van der Waals surface area (Å²) in [4.78, 5) is 13.9. The zero-order valence-electron chi connectivity index (χ0n) is 14.5. The van der Waals surface area contributed by atoms with E-state index in [1.807, 2.05) is 58.0 Å². The molecule has 0 aliphatic carbocycles. The quantitative estimate of drug-likeness (QED) is 0.854. The van der Waals surface area contributed by atoms with Crippen LogP contribution in [-0.4, -0.2) is 48.5 Å². The normalized spacial score (nSPS) is 22.0. The molecule has 1 saturated heterocycles. The predicted molar refractivity (Wildman–Crippen MR) is 88.2 cm³/mol. The zero-order valence-corrected chi connectivity index (χ0v) is 14.5. The molecule has 23 heavy (non-hydrogen) atoms. The Balaban J connectivity index is 1.81. The van der Waals surface area contributed by atoms with Crippen molar-refractivity contribution in [2.24, 2.45) is 0 Å². The fourth-order valence-corrected chi connectivity index (χ4v) is 2.50. The minimum atomic E-state index is -0.488. The summed E-state index contributed by atoms with van der Waals surface area (Å²) < 4.78 is 17.0. The fourth-order valence-electron chi connectivity index (χ4n) is 2.50. The van der Waals surface area contributed by atoms with Gasteiger partial charge in [0.2, 0.25) is 0 Å². The van der Waals surface area contributed by atoms with Crippen LogP contribution in [0, 0.1) is 0 Å². The van der Waals surface area contributed by atoms with E-state index in [4.69, 9.17) is 14.2 Å². The molecule has 128 valence electrons. The standard InChI is InChI=1S/C18H27NO4/c1-14-10-19(17(20)23-18(2,3)4)11-16(22-14)13-21-12-15-8-6-5-7-9-15/h5-9,14,16H,10-13H2,1-4H3/t14-,16-/m1/s1. The van der Waals surface area contributed by atoms with E-state index in [1.165, 1.54) is 0 Å². The lowest BCUT2D eigenvalue weighted by molar-refractivity contribution is -0.108. The van der Waals surface area contributed by atoms with Crippen molar-refractivity contribution >= 4 is 6.09 Å². The summed E-state index contributed by atoms with van der Waals surface area (Å²) in [7, 11) is 0. The molecule has 5 heteroatoms. The van der Waals surface area contributed by atoms with Gasteiger partial charge in [-0.2, -0.15) is 0 Å². The predicted octanol–water partition coefficient (Wildman–Crippen LogP) is 3.23. The highest BCUT2D eigenvalue weighted by molar-refractivity contribution is 5.68. The highest BCUT2D eigenvalue weighted by Crippen LogP contribution is 2.16. The minimum Gasteiger partial charge on any atom is -0.444 e. The number of carbonyl (C=O) groups is 1. The van der Waals surface area contributed by atoms with Crippen LogP contribution in [0.4, 0.5) is 4.79 Å². The summed E-state index contributed by atoms with van der Waals surface area (Å²) in [6.45, 7) is 9.61. The second-order valence-corrected chi connectivity index (χ2v) is 6.95. The minimum absolute atomic E-state index is 0.0263. The monoisotopic (exact) mass is 321 g/mol. The maximum atomic E-state index is 12.2. The van der Waals surface area contributed by atoms with Gasteiger partial charge in [-0.15, -0.1) is 0 Å². The van der Waals surface area contributed by atoms with Gasteiger partial charge in [-0.05, 0) is 33.3 Å². The zero-order chi connectivity index (χ0) is 16.9. The van der Waals surface area contributed by atoms with Gasteiger partial charge < -0.3 is 19.1 Å². The third-order valence-corrected chi connectivity index (χ3v) is 3.39. The van der Waals surface area contributed by atoms with Crippen LogP contribution in [0.2, 0.25) is 0 Å². The summed E-state index contributed by atoms with van der Waals surface area (Å²) in [6, 6.07) is 10.0. The van der Waals surface area contributed by atoms with Crippen LogP contribution in [0.25, 0.3) is 0 Å². The summed E-state index contributed by atoms with van der Waals surface area (Å²) in [5, 5.41) is 0. The van der Waals surface area contributed by atoms with Gasteiger partial charge in [0.05, 0.1) is 38.5 Å². The largest absolute Gasteiger partial charge is 0.444 e.